The van der Waals surface area contributed by atoms with Crippen LogP contribution < -0.4 is 10.1 Å². The maximum atomic E-state index is 11.8. The van der Waals surface area contributed by atoms with Crippen molar-refractivity contribution in [2.24, 2.45) is 0 Å². The average Bonchev–Trinajstić information content (AvgIpc) is 2.85. The molecule has 0 saturated carbocycles. The number of nitrogens with zero attached hydrogens (tertiary/aromatic N) is 4. The Hall–Kier alpha value is -3.63. The Morgan fingerprint density at radius 2 is 1.94 bits per heavy atom. The zero-order chi connectivity index (χ0) is 23.8. The maximum absolute atomic E-state index is 11.8. The number of halogens is 1. The Balaban J connectivity index is 1.98. The van der Waals surface area contributed by atoms with E-state index < -0.39 is 0 Å². The highest BCUT2D eigenvalue weighted by atomic mass is 35.5. The Morgan fingerprint density at radius 3 is 2.58 bits per heavy atom. The molecule has 0 aliphatic carbocycles. The molecule has 2 aromatic heterocycles. The minimum Gasteiger partial charge on any atom is -0.491 e. The Kier molecular flexibility index (Phi) is 8.22. The van der Waals surface area contributed by atoms with Crippen LogP contribution in [-0.2, 0) is 5.75 Å². The number of benzene rings is 1. The number of carbonyl (C=O) groups excluding carboxylic acids is 1. The smallest absolute Gasteiger partial charge is 0.269 e. The first-order valence-electron chi connectivity index (χ1n) is 9.70. The first-order valence-corrected chi connectivity index (χ1v) is 11.1. The van der Waals surface area contributed by atoms with Gasteiger partial charge in [-0.25, -0.2) is 4.98 Å². The highest BCUT2D eigenvalue weighted by molar-refractivity contribution is 7.98. The number of aromatic nitrogens is 2. The summed E-state index contributed by atoms with van der Waals surface area (Å²) >= 11 is 7.58. The summed E-state index contributed by atoms with van der Waals surface area (Å²) in [4.78, 5) is 20.2. The number of carbonyl (C=O) groups is 1. The van der Waals surface area contributed by atoms with Crippen molar-refractivity contribution >= 4 is 29.3 Å². The molecule has 3 aromatic rings. The molecule has 0 aliphatic heterocycles. The van der Waals surface area contributed by atoms with Gasteiger partial charge in [0, 0.05) is 24.6 Å². The van der Waals surface area contributed by atoms with Crippen LogP contribution in [0.4, 0.5) is 0 Å². The third kappa shape index (κ3) is 5.60. The first kappa shape index (κ1) is 24.0. The zero-order valence-corrected chi connectivity index (χ0v) is 19.1. The summed E-state index contributed by atoms with van der Waals surface area (Å²) in [5, 5.41) is 31.4. The molecule has 1 aromatic carbocycles. The molecule has 2 N–H and O–H groups in total. The summed E-state index contributed by atoms with van der Waals surface area (Å²) in [5.41, 5.74) is 2.42. The molecular weight excluding hydrogens is 462 g/mol. The normalized spacial score (nSPS) is 10.2. The number of aliphatic hydroxyl groups excluding tert-OH is 1. The number of amides is 1. The van der Waals surface area contributed by atoms with Crippen LogP contribution in [0, 0.1) is 22.7 Å². The standard InChI is InChI=1S/C23H18ClN5O3S/c1-27-22(31)19-10-14(6-7-28-19)13-33-23-18(12-26)20(17(11-25)21(24)29-23)15-2-4-16(5-3-15)32-9-8-30/h2-7,10,30H,8-9,13H2,1H3,(H,27,31). The predicted octanol–water partition coefficient (Wildman–Crippen LogP) is 3.56. The van der Waals surface area contributed by atoms with Crippen LogP contribution >= 0.6 is 23.4 Å². The Morgan fingerprint density at radius 1 is 1.21 bits per heavy atom. The van der Waals surface area contributed by atoms with Gasteiger partial charge in [0.25, 0.3) is 5.91 Å². The van der Waals surface area contributed by atoms with Gasteiger partial charge in [-0.15, -0.1) is 11.8 Å². The minimum atomic E-state index is -0.298. The molecule has 8 nitrogen and oxygen atoms in total. The van der Waals surface area contributed by atoms with Crippen molar-refractivity contribution in [2.75, 3.05) is 20.3 Å². The van der Waals surface area contributed by atoms with Gasteiger partial charge in [-0.05, 0) is 35.4 Å². The van der Waals surface area contributed by atoms with Crippen molar-refractivity contribution in [3.8, 4) is 29.0 Å². The fraction of sp³-hybridized carbons (Fsp3) is 0.174. The van der Waals surface area contributed by atoms with Gasteiger partial charge in [0.15, 0.2) is 0 Å². The molecule has 0 radical (unpaired) electrons. The van der Waals surface area contributed by atoms with E-state index in [0.717, 1.165) is 5.56 Å². The van der Waals surface area contributed by atoms with Crippen LogP contribution in [0.5, 0.6) is 5.75 Å². The van der Waals surface area contributed by atoms with Crippen molar-refractivity contribution in [3.05, 3.63) is 70.1 Å². The average molecular weight is 480 g/mol. The third-order valence-corrected chi connectivity index (χ3v) is 5.83. The molecule has 3 rings (SSSR count). The fourth-order valence-corrected chi connectivity index (χ4v) is 4.19. The van der Waals surface area contributed by atoms with Gasteiger partial charge in [0.2, 0.25) is 0 Å². The number of hydrogen-bond donors (Lipinski definition) is 2. The monoisotopic (exact) mass is 479 g/mol. The summed E-state index contributed by atoms with van der Waals surface area (Å²) < 4.78 is 5.37. The van der Waals surface area contributed by atoms with Crippen molar-refractivity contribution in [1.29, 1.82) is 10.5 Å². The minimum absolute atomic E-state index is 0.00427. The molecule has 0 spiro atoms. The maximum Gasteiger partial charge on any atom is 0.269 e. The number of nitriles is 2. The van der Waals surface area contributed by atoms with Crippen molar-refractivity contribution in [2.45, 2.75) is 10.8 Å². The van der Waals surface area contributed by atoms with Crippen LogP contribution in [0.3, 0.4) is 0 Å². The molecule has 1 amide bonds. The highest BCUT2D eigenvalue weighted by Gasteiger charge is 2.21. The van der Waals surface area contributed by atoms with Crippen LogP contribution in [0.1, 0.15) is 27.2 Å². The van der Waals surface area contributed by atoms with Gasteiger partial charge in [0.05, 0.1) is 17.7 Å². The highest BCUT2D eigenvalue weighted by Crippen LogP contribution is 2.37. The van der Waals surface area contributed by atoms with E-state index in [1.165, 1.54) is 25.0 Å². The molecule has 166 valence electrons. The van der Waals surface area contributed by atoms with Gasteiger partial charge >= 0.3 is 0 Å². The number of thioether (sulfide) groups is 1. The van der Waals surface area contributed by atoms with Gasteiger partial charge in [-0.1, -0.05) is 23.7 Å². The van der Waals surface area contributed by atoms with Crippen LogP contribution in [-0.4, -0.2) is 41.2 Å². The molecule has 0 fully saturated rings. The topological polar surface area (TPSA) is 132 Å². The third-order valence-electron chi connectivity index (χ3n) is 4.51. The van der Waals surface area contributed by atoms with Crippen molar-refractivity contribution in [3.63, 3.8) is 0 Å². The van der Waals surface area contributed by atoms with E-state index in [4.69, 9.17) is 21.4 Å². The van der Waals surface area contributed by atoms with Crippen LogP contribution in [0.15, 0.2) is 47.6 Å². The summed E-state index contributed by atoms with van der Waals surface area (Å²) in [6.07, 6.45) is 1.54. The lowest BCUT2D eigenvalue weighted by Gasteiger charge is -2.13. The molecule has 0 saturated heterocycles. The number of rotatable bonds is 8. The number of ether oxygens (including phenoxy) is 1. The molecule has 0 bridgehead atoms. The van der Waals surface area contributed by atoms with Crippen LogP contribution in [0.2, 0.25) is 5.15 Å². The van der Waals surface area contributed by atoms with Gasteiger partial charge < -0.3 is 15.2 Å². The first-order chi connectivity index (χ1) is 16.0. The second kappa shape index (κ2) is 11.3. The van der Waals surface area contributed by atoms with E-state index in [0.29, 0.717) is 27.7 Å². The van der Waals surface area contributed by atoms with E-state index >= 15 is 0 Å². The van der Waals surface area contributed by atoms with Gasteiger partial charge in [-0.2, -0.15) is 10.5 Å². The molecule has 10 heteroatoms. The van der Waals surface area contributed by atoms with E-state index in [-0.39, 0.29) is 41.1 Å². The van der Waals surface area contributed by atoms with Crippen molar-refractivity contribution in [1.82, 2.24) is 15.3 Å². The van der Waals surface area contributed by atoms with E-state index in [2.05, 4.69) is 21.4 Å². The van der Waals surface area contributed by atoms with Crippen molar-refractivity contribution < 1.29 is 14.6 Å². The molecule has 0 atom stereocenters. The predicted molar refractivity (Wildman–Crippen MR) is 124 cm³/mol. The molecule has 0 aliphatic rings. The summed E-state index contributed by atoms with van der Waals surface area (Å²) in [7, 11) is 1.53. The van der Waals surface area contributed by atoms with E-state index in [1.54, 1.807) is 36.4 Å². The van der Waals surface area contributed by atoms with Crippen LogP contribution in [0.25, 0.3) is 11.1 Å². The largest absolute Gasteiger partial charge is 0.491 e. The molecular formula is C23H18ClN5O3S. The molecule has 2 heterocycles. The summed E-state index contributed by atoms with van der Waals surface area (Å²) in [5.74, 6) is 0.654. The quantitative estimate of drug-likeness (QED) is 0.370. The number of hydrogen-bond acceptors (Lipinski definition) is 8. The second-order valence-corrected chi connectivity index (χ2v) is 7.89. The zero-order valence-electron chi connectivity index (χ0n) is 17.5. The number of nitrogens with one attached hydrogen (secondary N) is 1. The second-order valence-electron chi connectivity index (χ2n) is 6.57. The van der Waals surface area contributed by atoms with E-state index in [9.17, 15) is 15.3 Å². The van der Waals surface area contributed by atoms with Gasteiger partial charge in [-0.3, -0.25) is 9.78 Å². The number of pyridine rings is 2. The lowest BCUT2D eigenvalue weighted by Crippen LogP contribution is -2.19. The lowest BCUT2D eigenvalue weighted by molar-refractivity contribution is 0.0958. The summed E-state index contributed by atoms with van der Waals surface area (Å²) in [6.45, 7) is 0.0479. The Labute approximate surface area is 199 Å². The molecule has 33 heavy (non-hydrogen) atoms. The van der Waals surface area contributed by atoms with E-state index in [1.807, 2.05) is 6.07 Å². The van der Waals surface area contributed by atoms with Gasteiger partial charge in [0.1, 0.15) is 40.4 Å². The Bertz CT molecular complexity index is 1250. The fourth-order valence-electron chi connectivity index (χ4n) is 2.98. The molecule has 0 unspecified atom stereocenters. The number of aliphatic hydroxyl groups is 1. The SMILES string of the molecule is CNC(=O)c1cc(CSc2nc(Cl)c(C#N)c(-c3ccc(OCCO)cc3)c2C#N)ccn1. The lowest BCUT2D eigenvalue weighted by atomic mass is 9.97. The summed E-state index contributed by atoms with van der Waals surface area (Å²) in [6, 6.07) is 14.4.